The minimum absolute atomic E-state index is 0.00918. The highest BCUT2D eigenvalue weighted by atomic mass is 35.5. The number of aliphatic carboxylic acids is 2. The SMILES string of the molecule is CN(CCO)CCOc1ccc(-c2cccc(-c3cccc(COc4nc(OCc5cncc(C#N)c5)c(C=O)cc4Cl)c3Cl)c2Cl)cc1.C[C@@](CO)(CCc1cc(Cl)c(OCc2cccc(-c3cccc(-c4ccc(OCCNCCO)cc4)c3Cl)c2Cl)nc1OCc1cncc(C#N)c1)C(=O)O.C[C@](N)(CO)C(=O)O. The van der Waals surface area contributed by atoms with Crippen LogP contribution in [0.15, 0.2) is 170 Å². The van der Waals surface area contributed by atoms with Gasteiger partial charge < -0.3 is 75.0 Å². The summed E-state index contributed by atoms with van der Waals surface area (Å²) in [5, 5.41) is 77.5. The number of aryl methyl sites for hydroxylation is 1. The van der Waals surface area contributed by atoms with Gasteiger partial charge in [0.05, 0.1) is 68.6 Å². The van der Waals surface area contributed by atoms with Gasteiger partial charge >= 0.3 is 11.9 Å². The number of aliphatic hydroxyl groups excluding tert-OH is 4. The summed E-state index contributed by atoms with van der Waals surface area (Å²) in [5.41, 5.74) is 12.4. The fourth-order valence-corrected chi connectivity index (χ4v) is 12.2. The number of ether oxygens (including phenoxy) is 6. The summed E-state index contributed by atoms with van der Waals surface area (Å²) < 4.78 is 35.5. The average Bonchev–Trinajstić information content (AvgIpc) is 0.795. The van der Waals surface area contributed by atoms with Gasteiger partial charge in [-0.25, -0.2) is 0 Å². The minimum atomic E-state index is -1.49. The van der Waals surface area contributed by atoms with Crippen LogP contribution in [-0.4, -0.2) is 152 Å². The molecule has 0 spiro atoms. The molecule has 30 heteroatoms. The average molecular weight is 1640 g/mol. The molecule has 10 aromatic rings. The summed E-state index contributed by atoms with van der Waals surface area (Å²) >= 11 is 41.0. The van der Waals surface area contributed by atoms with E-state index in [0.717, 1.165) is 39.1 Å². The molecular weight excluding hydrogens is 1560 g/mol. The molecule has 24 nitrogen and oxygen atoms in total. The van der Waals surface area contributed by atoms with Gasteiger partial charge in [0.1, 0.15) is 78.9 Å². The Morgan fingerprint density at radius 2 is 0.973 bits per heavy atom. The summed E-state index contributed by atoms with van der Waals surface area (Å²) in [4.78, 5) is 52.5. The van der Waals surface area contributed by atoms with Crippen molar-refractivity contribution in [3.05, 3.63) is 245 Å². The van der Waals surface area contributed by atoms with Gasteiger partial charge in [-0.3, -0.25) is 24.4 Å². The van der Waals surface area contributed by atoms with Crippen LogP contribution in [0, 0.1) is 28.1 Å². The van der Waals surface area contributed by atoms with Crippen molar-refractivity contribution in [3.8, 4) is 91.7 Å². The molecule has 112 heavy (non-hydrogen) atoms. The fourth-order valence-electron chi connectivity index (χ4n) is 10.5. The molecule has 6 aromatic carbocycles. The largest absolute Gasteiger partial charge is 0.492 e. The van der Waals surface area contributed by atoms with Gasteiger partial charge in [-0.1, -0.05) is 167 Å². The molecule has 9 N–H and O–H groups in total. The van der Waals surface area contributed by atoms with Crippen LogP contribution in [0.3, 0.4) is 0 Å². The van der Waals surface area contributed by atoms with Crippen LogP contribution in [0.2, 0.25) is 30.1 Å². The van der Waals surface area contributed by atoms with E-state index >= 15 is 0 Å². The van der Waals surface area contributed by atoms with Crippen molar-refractivity contribution >= 4 is 87.8 Å². The number of rotatable bonds is 36. The highest BCUT2D eigenvalue weighted by molar-refractivity contribution is 6.39. The molecule has 0 bridgehead atoms. The normalized spacial score (nSPS) is 11.9. The number of benzene rings is 6. The Hall–Kier alpha value is -10.2. The molecule has 4 heterocycles. The van der Waals surface area contributed by atoms with Gasteiger partial charge in [-0.2, -0.15) is 20.5 Å². The number of aldehydes is 1. The van der Waals surface area contributed by atoms with Gasteiger partial charge in [-0.05, 0) is 93.4 Å². The Bertz CT molecular complexity index is 4960. The summed E-state index contributed by atoms with van der Waals surface area (Å²) in [5.74, 6) is -0.606. The zero-order valence-electron chi connectivity index (χ0n) is 60.9. The summed E-state index contributed by atoms with van der Waals surface area (Å²) in [6.07, 6.45) is 6.84. The number of carboxylic acid groups (broad SMARTS) is 2. The van der Waals surface area contributed by atoms with E-state index in [1.165, 1.54) is 32.3 Å². The van der Waals surface area contributed by atoms with Crippen molar-refractivity contribution in [2.75, 3.05) is 72.9 Å². The number of aliphatic hydroxyl groups is 4. The van der Waals surface area contributed by atoms with Crippen LogP contribution in [0.4, 0.5) is 0 Å². The van der Waals surface area contributed by atoms with Gasteiger partial charge in [-0.15, -0.1) is 0 Å². The highest BCUT2D eigenvalue weighted by Crippen LogP contribution is 2.44. The first kappa shape index (κ1) is 87.4. The molecule has 2 atom stereocenters. The number of carboxylic acids is 2. The Morgan fingerprint density at radius 1 is 0.518 bits per heavy atom. The van der Waals surface area contributed by atoms with E-state index in [4.69, 9.17) is 129 Å². The minimum Gasteiger partial charge on any atom is -0.492 e. The number of nitrogens with one attached hydrogen (secondary N) is 1. The third-order valence-corrected chi connectivity index (χ3v) is 19.4. The number of pyridine rings is 4. The molecule has 0 aliphatic carbocycles. The van der Waals surface area contributed by atoms with Crippen LogP contribution in [0.25, 0.3) is 44.5 Å². The molecule has 0 radical (unpaired) electrons. The maximum Gasteiger partial charge on any atom is 0.325 e. The van der Waals surface area contributed by atoms with E-state index in [0.29, 0.717) is 122 Å². The lowest BCUT2D eigenvalue weighted by molar-refractivity contribution is -0.150. The number of nitriles is 2. The molecule has 0 aliphatic rings. The number of nitrogens with two attached hydrogens (primary N) is 1. The Kier molecular flexibility index (Phi) is 33.5. The van der Waals surface area contributed by atoms with Crippen molar-refractivity contribution in [2.45, 2.75) is 58.7 Å². The first-order valence-electron chi connectivity index (χ1n) is 34.6. The number of aromatic nitrogens is 4. The van der Waals surface area contributed by atoms with Crippen molar-refractivity contribution in [1.82, 2.24) is 30.2 Å². The Labute approximate surface area is 677 Å². The van der Waals surface area contributed by atoms with E-state index in [1.54, 1.807) is 30.6 Å². The highest BCUT2D eigenvalue weighted by Gasteiger charge is 2.33. The lowest BCUT2D eigenvalue weighted by atomic mass is 9.85. The third-order valence-electron chi connectivity index (χ3n) is 17.1. The smallest absolute Gasteiger partial charge is 0.325 e. The van der Waals surface area contributed by atoms with Gasteiger partial charge in [0, 0.05) is 112 Å². The number of likely N-dealkylation sites (N-methyl/N-ethyl adjacent to an activating group) is 1. The quantitative estimate of drug-likeness (QED) is 0.0134. The second kappa shape index (κ2) is 43.0. The van der Waals surface area contributed by atoms with Crippen LogP contribution >= 0.6 is 69.6 Å². The third kappa shape index (κ3) is 24.4. The number of carbonyl (C=O) groups is 3. The number of hydrogen-bond acceptors (Lipinski definition) is 22. The molecule has 4 aromatic heterocycles. The molecule has 0 saturated carbocycles. The van der Waals surface area contributed by atoms with Crippen LogP contribution in [0.1, 0.15) is 69.6 Å². The zero-order valence-corrected chi connectivity index (χ0v) is 65.4. The zero-order chi connectivity index (χ0) is 80.9. The molecule has 0 unspecified atom stereocenters. The summed E-state index contributed by atoms with van der Waals surface area (Å²) in [7, 11) is 1.93. The number of nitrogens with zero attached hydrogens (tertiary/aromatic N) is 7. The molecule has 0 saturated heterocycles. The lowest BCUT2D eigenvalue weighted by Crippen LogP contribution is -2.48. The van der Waals surface area contributed by atoms with E-state index in [1.807, 2.05) is 145 Å². The van der Waals surface area contributed by atoms with Gasteiger partial charge in [0.2, 0.25) is 23.5 Å². The number of hydrogen-bond donors (Lipinski definition) is 8. The van der Waals surface area contributed by atoms with E-state index in [-0.39, 0.29) is 91.6 Å². The van der Waals surface area contributed by atoms with E-state index < -0.39 is 36.1 Å². The predicted octanol–water partition coefficient (Wildman–Crippen LogP) is 14.5. The summed E-state index contributed by atoms with van der Waals surface area (Å²) in [6, 6.07) is 48.3. The van der Waals surface area contributed by atoms with Crippen molar-refractivity contribution in [2.24, 2.45) is 11.1 Å². The molecule has 10 rings (SSSR count). The van der Waals surface area contributed by atoms with Gasteiger partial charge in [0.15, 0.2) is 6.29 Å². The first-order valence-corrected chi connectivity index (χ1v) is 36.9. The molecule has 0 fully saturated rings. The first-order chi connectivity index (χ1) is 53.9. The van der Waals surface area contributed by atoms with Crippen molar-refractivity contribution in [3.63, 3.8) is 0 Å². The molecular formula is C82H79Cl6N9O15. The van der Waals surface area contributed by atoms with E-state index in [9.17, 15) is 29.9 Å². The standard InChI is InChI=1S/C41H39Cl3N4O7.C37H31Cl3N4O5.C4H9NO3/c1-41(25-50,40(51)52)13-12-29-19-35(42)39(48-38(29)54-23-27-18-26(20-45)21-47-22-27)55-24-30-4-2-6-33(36(30)43)34-7-3-5-32(37(34)44)28-8-10-31(11-9-28)53-17-15-46-14-16-49;1-44(12-14-45)13-15-47-29-10-8-26(9-11-29)30-5-3-7-32(35(30)40)31-6-2-4-27(34(31)39)23-49-37-33(38)17-28(21-46)36(43-37)48-22-25-16-24(18-41)19-42-20-25;1-4(5,2-6)3(7)8/h2-11,18-19,21-22,46,49-50H,12-17,23-25H2,1H3,(H,51,52);2-11,16-17,19-21,45H,12-15,22-23H2,1H3;6H,2,5H2,1H3,(H,7,8)/t41-;;4-/m0.0/s1. The number of carbonyl (C=O) groups excluding carboxylic acids is 1. The lowest BCUT2D eigenvalue weighted by Gasteiger charge is -2.22. The van der Waals surface area contributed by atoms with Crippen molar-refractivity contribution < 1.29 is 73.4 Å². The second-order valence-electron chi connectivity index (χ2n) is 25.6. The molecule has 0 aliphatic heterocycles. The van der Waals surface area contributed by atoms with Crippen LogP contribution in [-0.2, 0) is 42.4 Å². The Morgan fingerprint density at radius 3 is 1.42 bits per heavy atom. The summed E-state index contributed by atoms with van der Waals surface area (Å²) in [6.45, 7) is 5.21. The maximum atomic E-state index is 11.9. The van der Waals surface area contributed by atoms with Crippen LogP contribution in [0.5, 0.6) is 35.0 Å². The van der Waals surface area contributed by atoms with E-state index in [2.05, 4.69) is 25.3 Å². The Balaban J connectivity index is 0.000000257. The monoisotopic (exact) mass is 1640 g/mol. The maximum absolute atomic E-state index is 11.9. The molecule has 584 valence electrons. The van der Waals surface area contributed by atoms with Crippen molar-refractivity contribution in [1.29, 1.82) is 10.5 Å². The topological polar surface area (TPSA) is 368 Å². The fraction of sp³-hybridized carbons (Fsp3) is 0.256. The number of halogens is 6. The van der Waals surface area contributed by atoms with Crippen LogP contribution < -0.4 is 39.5 Å². The molecule has 0 amide bonds. The second-order valence-corrected chi connectivity index (χ2v) is 27.9. The van der Waals surface area contributed by atoms with Gasteiger partial charge in [0.25, 0.3) is 0 Å². The predicted molar refractivity (Wildman–Crippen MR) is 428 cm³/mol.